The van der Waals surface area contributed by atoms with Crippen molar-refractivity contribution in [1.29, 1.82) is 0 Å². The highest BCUT2D eigenvalue weighted by atomic mass is 16.3. The van der Waals surface area contributed by atoms with Crippen LogP contribution in [0.15, 0.2) is 6.33 Å². The van der Waals surface area contributed by atoms with Crippen molar-refractivity contribution in [3.8, 4) is 0 Å². The van der Waals surface area contributed by atoms with E-state index in [2.05, 4.69) is 20.7 Å². The molecule has 0 atom stereocenters. The summed E-state index contributed by atoms with van der Waals surface area (Å²) in [5, 5.41) is 12.5. The average molecular weight is 239 g/mol. The molecule has 0 bridgehead atoms. The van der Waals surface area contributed by atoms with Crippen molar-refractivity contribution in [2.45, 2.75) is 39.2 Å². The standard InChI is InChI=1S/C11H21N5O/c1-7(2)8-9(15-11(3,4)5-17)13-6-14-10(8)16-12/h6-7,17H,5,12H2,1-4H3,(H2,13,14,15,16). The van der Waals surface area contributed by atoms with Gasteiger partial charge >= 0.3 is 0 Å². The van der Waals surface area contributed by atoms with E-state index in [9.17, 15) is 5.11 Å². The number of nitrogens with one attached hydrogen (secondary N) is 2. The van der Waals surface area contributed by atoms with E-state index in [0.717, 1.165) is 5.56 Å². The minimum absolute atomic E-state index is 0.0138. The molecule has 0 aromatic carbocycles. The number of hydrogen-bond donors (Lipinski definition) is 4. The van der Waals surface area contributed by atoms with Crippen molar-refractivity contribution in [2.24, 2.45) is 5.84 Å². The molecule has 1 rings (SSSR count). The highest BCUT2D eigenvalue weighted by Crippen LogP contribution is 2.29. The lowest BCUT2D eigenvalue weighted by atomic mass is 10.0. The van der Waals surface area contributed by atoms with E-state index in [1.54, 1.807) is 0 Å². The molecular formula is C11H21N5O. The molecule has 6 heteroatoms. The van der Waals surface area contributed by atoms with Gasteiger partial charge in [0.05, 0.1) is 12.1 Å². The molecule has 0 radical (unpaired) electrons. The highest BCUT2D eigenvalue weighted by molar-refractivity contribution is 5.59. The Kier molecular flexibility index (Phi) is 4.25. The summed E-state index contributed by atoms with van der Waals surface area (Å²) in [5.74, 6) is 6.96. The maximum absolute atomic E-state index is 9.27. The molecule has 0 saturated carbocycles. The van der Waals surface area contributed by atoms with E-state index in [1.165, 1.54) is 6.33 Å². The Labute approximate surface area is 102 Å². The number of nitrogen functional groups attached to an aromatic ring is 1. The molecule has 0 spiro atoms. The first-order valence-corrected chi connectivity index (χ1v) is 5.62. The fourth-order valence-corrected chi connectivity index (χ4v) is 1.52. The predicted molar refractivity (Wildman–Crippen MR) is 68.7 cm³/mol. The molecular weight excluding hydrogens is 218 g/mol. The van der Waals surface area contributed by atoms with Gasteiger partial charge in [0.2, 0.25) is 0 Å². The van der Waals surface area contributed by atoms with Gasteiger partial charge < -0.3 is 15.8 Å². The zero-order valence-electron chi connectivity index (χ0n) is 10.8. The summed E-state index contributed by atoms with van der Waals surface area (Å²) >= 11 is 0. The number of aromatic nitrogens is 2. The minimum atomic E-state index is -0.441. The first kappa shape index (κ1) is 13.7. The Bertz CT molecular complexity index is 378. The van der Waals surface area contributed by atoms with Crippen molar-refractivity contribution in [1.82, 2.24) is 9.97 Å². The molecule has 5 N–H and O–H groups in total. The molecule has 0 amide bonds. The molecule has 96 valence electrons. The summed E-state index contributed by atoms with van der Waals surface area (Å²) in [6.07, 6.45) is 1.44. The van der Waals surface area contributed by atoms with E-state index in [1.807, 2.05) is 27.7 Å². The van der Waals surface area contributed by atoms with Gasteiger partial charge in [-0.2, -0.15) is 0 Å². The number of nitrogens with zero attached hydrogens (tertiary/aromatic N) is 2. The second kappa shape index (κ2) is 5.29. The van der Waals surface area contributed by atoms with E-state index in [0.29, 0.717) is 11.6 Å². The zero-order chi connectivity index (χ0) is 13.1. The molecule has 6 nitrogen and oxygen atoms in total. The topological polar surface area (TPSA) is 96.1 Å². The van der Waals surface area contributed by atoms with Crippen molar-refractivity contribution in [2.75, 3.05) is 17.3 Å². The van der Waals surface area contributed by atoms with E-state index in [4.69, 9.17) is 5.84 Å². The fourth-order valence-electron chi connectivity index (χ4n) is 1.52. The lowest BCUT2D eigenvalue weighted by Gasteiger charge is -2.26. The molecule has 1 heterocycles. The summed E-state index contributed by atoms with van der Waals surface area (Å²) in [7, 11) is 0. The van der Waals surface area contributed by atoms with Gasteiger partial charge in [-0.1, -0.05) is 13.8 Å². The third kappa shape index (κ3) is 3.28. The van der Waals surface area contributed by atoms with Crippen LogP contribution in [-0.2, 0) is 0 Å². The quantitative estimate of drug-likeness (QED) is 0.453. The first-order valence-electron chi connectivity index (χ1n) is 5.62. The molecule has 0 aliphatic heterocycles. The van der Waals surface area contributed by atoms with Crippen LogP contribution in [-0.4, -0.2) is 27.2 Å². The molecule has 1 aromatic rings. The van der Waals surface area contributed by atoms with Crippen LogP contribution in [0.5, 0.6) is 0 Å². The first-order chi connectivity index (χ1) is 7.91. The smallest absolute Gasteiger partial charge is 0.148 e. The lowest BCUT2D eigenvalue weighted by Crippen LogP contribution is -2.36. The second-order valence-electron chi connectivity index (χ2n) is 4.95. The maximum Gasteiger partial charge on any atom is 0.148 e. The number of aliphatic hydroxyl groups excluding tert-OH is 1. The van der Waals surface area contributed by atoms with E-state index < -0.39 is 5.54 Å². The Morgan fingerprint density at radius 2 is 1.94 bits per heavy atom. The van der Waals surface area contributed by atoms with Crippen LogP contribution in [0.25, 0.3) is 0 Å². The molecule has 0 aliphatic rings. The number of nitrogens with two attached hydrogens (primary N) is 1. The molecule has 1 aromatic heterocycles. The van der Waals surface area contributed by atoms with Gasteiger partial charge in [0, 0.05) is 5.56 Å². The summed E-state index contributed by atoms with van der Waals surface area (Å²) in [6, 6.07) is 0. The largest absolute Gasteiger partial charge is 0.394 e. The van der Waals surface area contributed by atoms with Crippen molar-refractivity contribution in [3.05, 3.63) is 11.9 Å². The summed E-state index contributed by atoms with van der Waals surface area (Å²) in [6.45, 7) is 7.89. The number of hydrogen-bond acceptors (Lipinski definition) is 6. The number of hydrazine groups is 1. The van der Waals surface area contributed by atoms with Gasteiger partial charge in [0.15, 0.2) is 0 Å². The fraction of sp³-hybridized carbons (Fsp3) is 0.636. The Morgan fingerprint density at radius 1 is 1.35 bits per heavy atom. The van der Waals surface area contributed by atoms with Gasteiger partial charge in [-0.15, -0.1) is 0 Å². The number of aliphatic hydroxyl groups is 1. The average Bonchev–Trinajstić information content (AvgIpc) is 2.27. The van der Waals surface area contributed by atoms with Crippen LogP contribution in [0.4, 0.5) is 11.6 Å². The Hall–Kier alpha value is -1.40. The van der Waals surface area contributed by atoms with Gasteiger partial charge in [0.25, 0.3) is 0 Å². The Morgan fingerprint density at radius 3 is 2.41 bits per heavy atom. The maximum atomic E-state index is 9.27. The monoisotopic (exact) mass is 239 g/mol. The van der Waals surface area contributed by atoms with Crippen LogP contribution in [0, 0.1) is 0 Å². The van der Waals surface area contributed by atoms with Crippen molar-refractivity contribution >= 4 is 11.6 Å². The molecule has 0 saturated heterocycles. The van der Waals surface area contributed by atoms with Crippen LogP contribution < -0.4 is 16.6 Å². The van der Waals surface area contributed by atoms with Crippen LogP contribution in [0.1, 0.15) is 39.2 Å². The van der Waals surface area contributed by atoms with Gasteiger partial charge in [-0.3, -0.25) is 0 Å². The van der Waals surface area contributed by atoms with Crippen LogP contribution in [0.2, 0.25) is 0 Å². The molecule has 0 fully saturated rings. The van der Waals surface area contributed by atoms with Gasteiger partial charge in [-0.25, -0.2) is 15.8 Å². The SMILES string of the molecule is CC(C)c1c(NN)ncnc1NC(C)(C)CO. The number of rotatable bonds is 5. The summed E-state index contributed by atoms with van der Waals surface area (Å²) < 4.78 is 0. The Balaban J connectivity index is 3.15. The zero-order valence-corrected chi connectivity index (χ0v) is 10.8. The molecule has 0 unspecified atom stereocenters. The second-order valence-corrected chi connectivity index (χ2v) is 4.95. The van der Waals surface area contributed by atoms with Crippen LogP contribution in [0.3, 0.4) is 0 Å². The van der Waals surface area contributed by atoms with Crippen molar-refractivity contribution in [3.63, 3.8) is 0 Å². The molecule has 0 aliphatic carbocycles. The summed E-state index contributed by atoms with van der Waals surface area (Å²) in [5.41, 5.74) is 3.04. The normalized spacial score (nSPS) is 11.7. The van der Waals surface area contributed by atoms with Gasteiger partial charge in [-0.05, 0) is 19.8 Å². The van der Waals surface area contributed by atoms with E-state index >= 15 is 0 Å². The third-order valence-electron chi connectivity index (χ3n) is 2.45. The number of anilines is 2. The predicted octanol–water partition coefficient (Wildman–Crippen LogP) is 1.07. The summed E-state index contributed by atoms with van der Waals surface area (Å²) in [4.78, 5) is 8.30. The van der Waals surface area contributed by atoms with Crippen LogP contribution >= 0.6 is 0 Å². The molecule has 17 heavy (non-hydrogen) atoms. The van der Waals surface area contributed by atoms with Gasteiger partial charge in [0.1, 0.15) is 18.0 Å². The van der Waals surface area contributed by atoms with E-state index in [-0.39, 0.29) is 12.5 Å². The third-order valence-corrected chi connectivity index (χ3v) is 2.45. The van der Waals surface area contributed by atoms with Crippen molar-refractivity contribution < 1.29 is 5.11 Å². The minimum Gasteiger partial charge on any atom is -0.394 e. The highest BCUT2D eigenvalue weighted by Gasteiger charge is 2.21. The lowest BCUT2D eigenvalue weighted by molar-refractivity contribution is 0.233.